The lowest BCUT2D eigenvalue weighted by Gasteiger charge is -2.26. The Morgan fingerprint density at radius 1 is 0.157 bits per heavy atom. The van der Waals surface area contributed by atoms with Crippen molar-refractivity contribution in [2.75, 3.05) is 14.7 Å². The van der Waals surface area contributed by atoms with Crippen molar-refractivity contribution < 1.29 is 0 Å². The van der Waals surface area contributed by atoms with E-state index >= 15 is 0 Å². The Balaban J connectivity index is 0.837. The van der Waals surface area contributed by atoms with E-state index < -0.39 is 0 Å². The van der Waals surface area contributed by atoms with Crippen molar-refractivity contribution in [2.24, 2.45) is 0 Å². The van der Waals surface area contributed by atoms with E-state index in [1.165, 1.54) is 0 Å². The topological polar surface area (TPSA) is 61.6 Å². The number of imidazole rings is 3. The summed E-state index contributed by atoms with van der Waals surface area (Å²) in [5, 5.41) is 0. The second kappa shape index (κ2) is 25.2. The molecule has 0 aliphatic carbocycles. The van der Waals surface area contributed by atoms with Crippen molar-refractivity contribution >= 4 is 102 Å². The summed E-state index contributed by atoms with van der Waals surface area (Å²) in [4.78, 5) is 24.0. The Bertz CT molecular complexity index is 5330. The molecule has 19 rings (SSSR count). The maximum Gasteiger partial charge on any atom is 0.225 e. The minimum atomic E-state index is 0.676. The zero-order chi connectivity index (χ0) is 67.5. The molecule has 0 aliphatic rings. The van der Waals surface area contributed by atoms with Crippen molar-refractivity contribution in [3.8, 4) is 66.8 Å². The molecule has 4 heterocycles. The lowest BCUT2D eigenvalue weighted by Crippen LogP contribution is -2.10. The Morgan fingerprint density at radius 3 is 0.490 bits per heavy atom. The van der Waals surface area contributed by atoms with Gasteiger partial charge in [-0.1, -0.05) is 255 Å². The molecule has 0 saturated heterocycles. The molecule has 19 aromatic rings. The zero-order valence-corrected chi connectivity index (χ0v) is 55.4. The molecule has 9 nitrogen and oxygen atoms in total. The highest BCUT2D eigenvalue weighted by Crippen LogP contribution is 2.44. The van der Waals surface area contributed by atoms with E-state index in [2.05, 4.69) is 410 Å². The molecule has 0 atom stereocenters. The van der Waals surface area contributed by atoms with Crippen LogP contribution in [0.1, 0.15) is 0 Å². The van der Waals surface area contributed by atoms with Crippen LogP contribution in [0.2, 0.25) is 0 Å². The van der Waals surface area contributed by atoms with Crippen molar-refractivity contribution in [3.63, 3.8) is 0 Å². The van der Waals surface area contributed by atoms with Gasteiger partial charge in [0.05, 0.1) is 33.1 Å². The van der Waals surface area contributed by atoms with Crippen molar-refractivity contribution in [2.45, 2.75) is 0 Å². The van der Waals surface area contributed by atoms with Crippen LogP contribution in [-0.4, -0.2) is 28.2 Å². The summed E-state index contributed by atoms with van der Waals surface area (Å²) < 4.78 is 6.71. The molecule has 9 heteroatoms. The third-order valence-corrected chi connectivity index (χ3v) is 19.6. The van der Waals surface area contributed by atoms with Crippen LogP contribution in [-0.2, 0) is 0 Å². The maximum absolute atomic E-state index is 5.67. The monoisotopic (exact) mass is 1310 g/mol. The number of anilines is 9. The van der Waals surface area contributed by atoms with Crippen LogP contribution in [0.4, 0.5) is 51.2 Å². The van der Waals surface area contributed by atoms with E-state index in [1.54, 1.807) is 0 Å². The van der Waals surface area contributed by atoms with Gasteiger partial charge in [0.1, 0.15) is 0 Å². The van der Waals surface area contributed by atoms with E-state index in [9.17, 15) is 0 Å². The molecule has 102 heavy (non-hydrogen) atoms. The summed E-state index contributed by atoms with van der Waals surface area (Å²) >= 11 is 0. The first kappa shape index (κ1) is 59.4. The summed E-state index contributed by atoms with van der Waals surface area (Å²) in [5.74, 6) is 2.03. The number of hydrogen-bond acceptors (Lipinski definition) is 6. The summed E-state index contributed by atoms with van der Waals surface area (Å²) in [5.41, 5.74) is 27.8. The highest BCUT2D eigenvalue weighted by molar-refractivity contribution is 5.97. The molecule has 0 aliphatic heterocycles. The van der Waals surface area contributed by atoms with E-state index in [1.807, 2.05) is 0 Å². The molecular formula is C93H63N9. The van der Waals surface area contributed by atoms with Crippen LogP contribution >= 0.6 is 0 Å². The molecular weight excluding hydrogens is 1240 g/mol. The Labute approximate surface area is 589 Å². The number of nitrogens with zero attached hydrogens (tertiary/aromatic N) is 9. The van der Waals surface area contributed by atoms with Gasteiger partial charge in [-0.3, -0.25) is 0 Å². The summed E-state index contributed by atoms with van der Waals surface area (Å²) in [7, 11) is 0. The smallest absolute Gasteiger partial charge is 0.225 e. The molecule has 0 spiro atoms. The molecule has 0 radical (unpaired) electrons. The number of aromatic nitrogens is 6. The summed E-state index contributed by atoms with van der Waals surface area (Å²) in [6.07, 6.45) is 0. The van der Waals surface area contributed by atoms with Crippen molar-refractivity contribution in [3.05, 3.63) is 382 Å². The fraction of sp³-hybridized carbons (Fsp3) is 0. The fourth-order valence-electron chi connectivity index (χ4n) is 14.6. The minimum Gasteiger partial charge on any atom is -0.310 e. The Morgan fingerprint density at radius 2 is 0.314 bits per heavy atom. The Kier molecular flexibility index (Phi) is 14.7. The molecule has 0 amide bonds. The number of fused-ring (bicyclic) bond motifs is 12. The fourth-order valence-corrected chi connectivity index (χ4v) is 14.6. The van der Waals surface area contributed by atoms with Crippen LogP contribution in [0.25, 0.3) is 117 Å². The molecule has 480 valence electrons. The first-order valence-electron chi connectivity index (χ1n) is 34.5. The second-order valence-electron chi connectivity index (χ2n) is 25.7. The van der Waals surface area contributed by atoms with Gasteiger partial charge in [0, 0.05) is 51.2 Å². The normalized spacial score (nSPS) is 11.5. The van der Waals surface area contributed by atoms with Crippen LogP contribution < -0.4 is 14.7 Å². The van der Waals surface area contributed by atoms with Crippen LogP contribution in [0, 0.1) is 0 Å². The number of hydrogen-bond donors (Lipinski definition) is 0. The molecule has 0 fully saturated rings. The summed E-state index contributed by atoms with van der Waals surface area (Å²) in [6, 6.07) is 136. The highest BCUT2D eigenvalue weighted by Gasteiger charge is 2.26. The van der Waals surface area contributed by atoms with Gasteiger partial charge in [0.25, 0.3) is 0 Å². The highest BCUT2D eigenvalue weighted by atomic mass is 15.3. The predicted octanol–water partition coefficient (Wildman–Crippen LogP) is 24.5. The Hall–Kier alpha value is -13.9. The third kappa shape index (κ3) is 10.7. The molecule has 0 N–H and O–H groups in total. The molecule has 0 saturated carbocycles. The van der Waals surface area contributed by atoms with Gasteiger partial charge in [0.15, 0.2) is 0 Å². The quantitative estimate of drug-likeness (QED) is 0.102. The van der Waals surface area contributed by atoms with Crippen LogP contribution in [0.3, 0.4) is 0 Å². The number of rotatable bonds is 15. The van der Waals surface area contributed by atoms with E-state index in [-0.39, 0.29) is 0 Å². The summed E-state index contributed by atoms with van der Waals surface area (Å²) in [6.45, 7) is 0. The van der Waals surface area contributed by atoms with Crippen molar-refractivity contribution in [1.29, 1.82) is 0 Å². The lowest BCUT2D eigenvalue weighted by molar-refractivity contribution is 1.01. The molecule has 4 aromatic heterocycles. The van der Waals surface area contributed by atoms with Gasteiger partial charge < -0.3 is 14.7 Å². The van der Waals surface area contributed by atoms with Gasteiger partial charge in [-0.25, -0.2) is 28.2 Å². The number of benzene rings is 15. The third-order valence-electron chi connectivity index (χ3n) is 19.6. The van der Waals surface area contributed by atoms with Crippen molar-refractivity contribution in [1.82, 2.24) is 28.2 Å². The van der Waals surface area contributed by atoms with Crippen LogP contribution in [0.15, 0.2) is 382 Å². The van der Waals surface area contributed by atoms with Gasteiger partial charge in [-0.15, -0.1) is 0 Å². The molecule has 0 unspecified atom stereocenters. The largest absolute Gasteiger partial charge is 0.310 e. The minimum absolute atomic E-state index is 0.676. The zero-order valence-electron chi connectivity index (χ0n) is 55.4. The standard InChI is InChI=1S/C93H63N9/c1-7-19-64(20-8-1)70-31-43-76(44-32-70)97(77-45-33-71(34-46-77)65-21-9-2-10-22-65)82-55-58-85-88(61-82)100-91(94-85)101-90-63-84(99(80-51-39-74(40-52-80)68-27-15-5-16-28-68)81-53-41-75(42-54-81)69-29-17-6-18-30-69)57-60-87(90)96-93(101)102-89-62-83(56-59-86(89)95-92(100)102)98(78-47-35-72(36-48-78)66-23-11-3-12-24-66)79-49-37-73(38-50-79)67-25-13-4-14-26-67/h1-63H. The second-order valence-corrected chi connectivity index (χ2v) is 25.7. The van der Waals surface area contributed by atoms with Gasteiger partial charge in [-0.05, 0) is 194 Å². The average Bonchev–Trinajstić information content (AvgIpc) is 1.53. The van der Waals surface area contributed by atoms with E-state index in [0.29, 0.717) is 17.3 Å². The van der Waals surface area contributed by atoms with E-state index in [0.717, 1.165) is 151 Å². The molecule has 0 bridgehead atoms. The first-order chi connectivity index (χ1) is 50.5. The van der Waals surface area contributed by atoms with Gasteiger partial charge in [0.2, 0.25) is 17.3 Å². The SMILES string of the molecule is c1ccc(-c2ccc(N(c3ccc(-c4ccccc4)cc3)c3ccc4nc5n(c4c3)c3nc4ccc(N(c6ccc(-c7ccccc7)cc6)c6ccc(-c7ccccc7)cc6)cc4n3c3nc4ccc(N(c6ccc(-c7ccccc7)cc6)c6ccc(-c7ccccc7)cc6)cc4n53)cc2)cc1. The predicted molar refractivity (Wildman–Crippen MR) is 422 cm³/mol. The van der Waals surface area contributed by atoms with Crippen LogP contribution in [0.5, 0.6) is 0 Å². The van der Waals surface area contributed by atoms with E-state index in [4.69, 9.17) is 15.0 Å². The maximum atomic E-state index is 5.67. The molecule has 15 aromatic carbocycles. The first-order valence-corrected chi connectivity index (χ1v) is 34.5. The lowest BCUT2D eigenvalue weighted by atomic mass is 10.0. The van der Waals surface area contributed by atoms with Gasteiger partial charge in [-0.2, -0.15) is 0 Å². The van der Waals surface area contributed by atoms with Gasteiger partial charge >= 0.3 is 0 Å². The average molecular weight is 1310 g/mol.